The molecular formula is C15H19NO2. The third kappa shape index (κ3) is 2.41. The Morgan fingerprint density at radius 2 is 2.22 bits per heavy atom. The van der Waals surface area contributed by atoms with Crippen molar-refractivity contribution >= 4 is 5.91 Å². The van der Waals surface area contributed by atoms with Crippen molar-refractivity contribution in [3.05, 3.63) is 34.9 Å². The van der Waals surface area contributed by atoms with Crippen LogP contribution in [0.5, 0.6) is 0 Å². The first kappa shape index (κ1) is 11.7. The van der Waals surface area contributed by atoms with Crippen LogP contribution in [0.3, 0.4) is 0 Å². The standard InChI is InChI=1S/C15H19NO2/c17-14(8-10-3-4-10)12-6-5-11-2-1-7-16-15(18)13(11)9-12/h5-6,9-10,14,17H,1-4,7-8H2,(H,16,18). The average molecular weight is 245 g/mol. The number of aliphatic hydroxyl groups is 1. The molecule has 3 rings (SSSR count). The lowest BCUT2D eigenvalue weighted by atomic mass is 9.96. The van der Waals surface area contributed by atoms with Crippen LogP contribution in [-0.4, -0.2) is 17.6 Å². The molecule has 0 radical (unpaired) electrons. The van der Waals surface area contributed by atoms with Crippen LogP contribution < -0.4 is 5.32 Å². The molecule has 1 heterocycles. The Kier molecular flexibility index (Phi) is 3.08. The van der Waals surface area contributed by atoms with Crippen molar-refractivity contribution in [2.24, 2.45) is 5.92 Å². The first-order chi connectivity index (χ1) is 8.74. The Labute approximate surface area is 107 Å². The Hall–Kier alpha value is -1.35. The summed E-state index contributed by atoms with van der Waals surface area (Å²) in [6.07, 6.45) is 4.82. The van der Waals surface area contributed by atoms with E-state index in [1.807, 2.05) is 18.2 Å². The van der Waals surface area contributed by atoms with Crippen molar-refractivity contribution in [2.45, 2.75) is 38.2 Å². The van der Waals surface area contributed by atoms with Crippen molar-refractivity contribution in [2.75, 3.05) is 6.54 Å². The molecule has 2 aliphatic rings. The van der Waals surface area contributed by atoms with Gasteiger partial charge in [0.15, 0.2) is 0 Å². The fourth-order valence-electron chi connectivity index (χ4n) is 2.61. The van der Waals surface area contributed by atoms with E-state index in [0.717, 1.165) is 42.5 Å². The SMILES string of the molecule is O=C1NCCCc2ccc(C(O)CC3CC3)cc21. The molecule has 1 unspecified atom stereocenters. The number of aryl methyl sites for hydroxylation is 1. The van der Waals surface area contributed by atoms with Crippen molar-refractivity contribution in [3.63, 3.8) is 0 Å². The van der Waals surface area contributed by atoms with Crippen molar-refractivity contribution in [1.29, 1.82) is 0 Å². The zero-order valence-electron chi connectivity index (χ0n) is 10.5. The van der Waals surface area contributed by atoms with E-state index in [1.165, 1.54) is 12.8 Å². The number of benzene rings is 1. The molecule has 1 aromatic rings. The van der Waals surface area contributed by atoms with E-state index in [2.05, 4.69) is 5.32 Å². The molecule has 1 aliphatic heterocycles. The summed E-state index contributed by atoms with van der Waals surface area (Å²) in [6.45, 7) is 0.744. The van der Waals surface area contributed by atoms with Gasteiger partial charge in [-0.1, -0.05) is 25.0 Å². The van der Waals surface area contributed by atoms with Crippen LogP contribution in [0.4, 0.5) is 0 Å². The van der Waals surface area contributed by atoms with Crippen LogP contribution in [0.15, 0.2) is 18.2 Å². The third-order valence-electron chi connectivity index (χ3n) is 3.93. The minimum atomic E-state index is -0.418. The monoisotopic (exact) mass is 245 g/mol. The summed E-state index contributed by atoms with van der Waals surface area (Å²) >= 11 is 0. The number of rotatable bonds is 3. The number of amides is 1. The topological polar surface area (TPSA) is 49.3 Å². The highest BCUT2D eigenvalue weighted by Gasteiger charge is 2.26. The predicted octanol–water partition coefficient (Wildman–Crippen LogP) is 2.20. The lowest BCUT2D eigenvalue weighted by Crippen LogP contribution is -2.22. The van der Waals surface area contributed by atoms with Crippen LogP contribution >= 0.6 is 0 Å². The summed E-state index contributed by atoms with van der Waals surface area (Å²) in [4.78, 5) is 11.9. The van der Waals surface area contributed by atoms with Gasteiger partial charge in [-0.15, -0.1) is 0 Å². The third-order valence-corrected chi connectivity index (χ3v) is 3.93. The summed E-state index contributed by atoms with van der Waals surface area (Å²) in [5, 5.41) is 13.1. The van der Waals surface area contributed by atoms with Gasteiger partial charge in [0.25, 0.3) is 5.91 Å². The number of hydrogen-bond donors (Lipinski definition) is 2. The van der Waals surface area contributed by atoms with Crippen LogP contribution in [-0.2, 0) is 6.42 Å². The van der Waals surface area contributed by atoms with Gasteiger partial charge in [-0.2, -0.15) is 0 Å². The van der Waals surface area contributed by atoms with Crippen molar-refractivity contribution in [1.82, 2.24) is 5.32 Å². The maximum Gasteiger partial charge on any atom is 0.251 e. The fraction of sp³-hybridized carbons (Fsp3) is 0.533. The number of hydrogen-bond acceptors (Lipinski definition) is 2. The zero-order valence-corrected chi connectivity index (χ0v) is 10.5. The lowest BCUT2D eigenvalue weighted by Gasteiger charge is -2.13. The summed E-state index contributed by atoms with van der Waals surface area (Å²) in [7, 11) is 0. The highest BCUT2D eigenvalue weighted by Crippen LogP contribution is 2.37. The molecule has 0 spiro atoms. The van der Waals surface area contributed by atoms with Gasteiger partial charge >= 0.3 is 0 Å². The smallest absolute Gasteiger partial charge is 0.251 e. The zero-order chi connectivity index (χ0) is 12.5. The second kappa shape index (κ2) is 4.73. The van der Waals surface area contributed by atoms with Gasteiger partial charge in [-0.3, -0.25) is 4.79 Å². The van der Waals surface area contributed by atoms with Gasteiger partial charge < -0.3 is 10.4 Å². The van der Waals surface area contributed by atoms with E-state index in [-0.39, 0.29) is 5.91 Å². The van der Waals surface area contributed by atoms with E-state index in [9.17, 15) is 9.90 Å². The number of fused-ring (bicyclic) bond motifs is 1. The highest BCUT2D eigenvalue weighted by atomic mass is 16.3. The summed E-state index contributed by atoms with van der Waals surface area (Å²) in [5.74, 6) is 0.690. The Bertz CT molecular complexity index is 466. The summed E-state index contributed by atoms with van der Waals surface area (Å²) in [6, 6.07) is 5.86. The van der Waals surface area contributed by atoms with Gasteiger partial charge in [0.2, 0.25) is 0 Å². The van der Waals surface area contributed by atoms with Gasteiger partial charge in [-0.05, 0) is 42.4 Å². The molecule has 0 aromatic heterocycles. The largest absolute Gasteiger partial charge is 0.388 e. The fourth-order valence-corrected chi connectivity index (χ4v) is 2.61. The van der Waals surface area contributed by atoms with Crippen LogP contribution in [0.25, 0.3) is 0 Å². The predicted molar refractivity (Wildman–Crippen MR) is 69.4 cm³/mol. The van der Waals surface area contributed by atoms with E-state index in [0.29, 0.717) is 5.92 Å². The van der Waals surface area contributed by atoms with Crippen LogP contribution in [0, 0.1) is 5.92 Å². The molecule has 96 valence electrons. The maximum atomic E-state index is 11.9. The molecule has 0 saturated heterocycles. The number of carbonyl (C=O) groups excluding carboxylic acids is 1. The maximum absolute atomic E-state index is 11.9. The molecule has 1 aromatic carbocycles. The molecule has 1 amide bonds. The summed E-state index contributed by atoms with van der Waals surface area (Å²) < 4.78 is 0. The Morgan fingerprint density at radius 1 is 1.39 bits per heavy atom. The van der Waals surface area contributed by atoms with Crippen molar-refractivity contribution in [3.8, 4) is 0 Å². The minimum absolute atomic E-state index is 0.00275. The molecule has 0 bridgehead atoms. The Morgan fingerprint density at radius 3 is 3.00 bits per heavy atom. The second-order valence-electron chi connectivity index (χ2n) is 5.47. The normalized spacial score (nSPS) is 20.8. The Balaban J connectivity index is 1.85. The number of aliphatic hydroxyl groups excluding tert-OH is 1. The van der Waals surface area contributed by atoms with Gasteiger partial charge in [0.05, 0.1) is 6.10 Å². The average Bonchev–Trinajstić information content (AvgIpc) is 3.18. The van der Waals surface area contributed by atoms with E-state index < -0.39 is 6.10 Å². The highest BCUT2D eigenvalue weighted by molar-refractivity contribution is 5.96. The molecule has 3 nitrogen and oxygen atoms in total. The van der Waals surface area contributed by atoms with E-state index in [1.54, 1.807) is 0 Å². The lowest BCUT2D eigenvalue weighted by molar-refractivity contribution is 0.0955. The van der Waals surface area contributed by atoms with Gasteiger partial charge in [-0.25, -0.2) is 0 Å². The first-order valence-corrected chi connectivity index (χ1v) is 6.83. The molecule has 18 heavy (non-hydrogen) atoms. The molecule has 1 saturated carbocycles. The van der Waals surface area contributed by atoms with Crippen LogP contribution in [0.1, 0.15) is 53.3 Å². The quantitative estimate of drug-likeness (QED) is 0.857. The number of nitrogens with one attached hydrogen (secondary N) is 1. The van der Waals surface area contributed by atoms with Crippen LogP contribution in [0.2, 0.25) is 0 Å². The molecule has 1 atom stereocenters. The second-order valence-corrected chi connectivity index (χ2v) is 5.47. The molecule has 3 heteroatoms. The minimum Gasteiger partial charge on any atom is -0.388 e. The first-order valence-electron chi connectivity index (χ1n) is 6.83. The van der Waals surface area contributed by atoms with E-state index >= 15 is 0 Å². The summed E-state index contributed by atoms with van der Waals surface area (Å²) in [5.41, 5.74) is 2.74. The van der Waals surface area contributed by atoms with Crippen molar-refractivity contribution < 1.29 is 9.90 Å². The molecule has 2 N–H and O–H groups in total. The molecular weight excluding hydrogens is 226 g/mol. The molecule has 1 aliphatic carbocycles. The van der Waals surface area contributed by atoms with Gasteiger partial charge in [0, 0.05) is 12.1 Å². The molecule has 1 fully saturated rings. The van der Waals surface area contributed by atoms with Gasteiger partial charge in [0.1, 0.15) is 0 Å². The number of carbonyl (C=O) groups is 1. The van der Waals surface area contributed by atoms with E-state index in [4.69, 9.17) is 0 Å².